The molecule has 15 heavy (non-hydrogen) atoms. The van der Waals surface area contributed by atoms with Gasteiger partial charge in [-0.15, -0.1) is 0 Å². The molecule has 0 saturated carbocycles. The van der Waals surface area contributed by atoms with E-state index in [4.69, 9.17) is 4.74 Å². The predicted octanol–water partition coefficient (Wildman–Crippen LogP) is 3.38. The minimum Gasteiger partial charge on any atom is -0.461 e. The molecular formula is C12H21BrO2. The normalized spacial score (nSPS) is 28.6. The van der Waals surface area contributed by atoms with Crippen molar-refractivity contribution in [1.29, 1.82) is 0 Å². The van der Waals surface area contributed by atoms with Gasteiger partial charge in [0.2, 0.25) is 0 Å². The average molecular weight is 277 g/mol. The number of halogens is 1. The summed E-state index contributed by atoms with van der Waals surface area (Å²) < 4.78 is 5.41. The summed E-state index contributed by atoms with van der Waals surface area (Å²) in [5.74, 6) is 1.11. The van der Waals surface area contributed by atoms with Crippen LogP contribution in [0.15, 0.2) is 0 Å². The van der Waals surface area contributed by atoms with Gasteiger partial charge in [0.25, 0.3) is 0 Å². The van der Waals surface area contributed by atoms with E-state index >= 15 is 0 Å². The van der Waals surface area contributed by atoms with E-state index in [0.29, 0.717) is 16.7 Å². The Labute approximate surface area is 101 Å². The molecule has 0 radical (unpaired) electrons. The van der Waals surface area contributed by atoms with Crippen LogP contribution in [-0.2, 0) is 9.53 Å². The van der Waals surface area contributed by atoms with Gasteiger partial charge in [0.1, 0.15) is 6.10 Å². The van der Waals surface area contributed by atoms with Crippen LogP contribution < -0.4 is 0 Å². The number of cyclic esters (lactones) is 1. The van der Waals surface area contributed by atoms with Crippen molar-refractivity contribution in [2.45, 2.75) is 51.5 Å². The summed E-state index contributed by atoms with van der Waals surface area (Å²) in [7, 11) is 0. The van der Waals surface area contributed by atoms with Crippen molar-refractivity contribution in [3.05, 3.63) is 0 Å². The first kappa shape index (κ1) is 13.0. The second kappa shape index (κ2) is 5.33. The molecule has 88 valence electrons. The third kappa shape index (κ3) is 3.47. The zero-order valence-electron chi connectivity index (χ0n) is 10.00. The smallest absolute Gasteiger partial charge is 0.309 e. The van der Waals surface area contributed by atoms with Crippen molar-refractivity contribution in [2.75, 3.05) is 0 Å². The highest BCUT2D eigenvalue weighted by Gasteiger charge is 2.39. The van der Waals surface area contributed by atoms with E-state index in [1.54, 1.807) is 0 Å². The number of ether oxygens (including phenoxy) is 1. The van der Waals surface area contributed by atoms with Gasteiger partial charge in [0, 0.05) is 0 Å². The molecule has 0 amide bonds. The molecule has 3 unspecified atom stereocenters. The summed E-state index contributed by atoms with van der Waals surface area (Å²) in [6, 6.07) is 0. The number of carbonyl (C=O) groups is 1. The van der Waals surface area contributed by atoms with Crippen molar-refractivity contribution in [3.63, 3.8) is 0 Å². The van der Waals surface area contributed by atoms with Crippen LogP contribution in [0.5, 0.6) is 0 Å². The number of hydrogen-bond acceptors (Lipinski definition) is 2. The van der Waals surface area contributed by atoms with E-state index in [2.05, 4.69) is 43.6 Å². The first-order valence-corrected chi connectivity index (χ1v) is 6.68. The van der Waals surface area contributed by atoms with E-state index < -0.39 is 0 Å². The van der Waals surface area contributed by atoms with Crippen LogP contribution in [0.25, 0.3) is 0 Å². The zero-order chi connectivity index (χ0) is 11.6. The fourth-order valence-corrected chi connectivity index (χ4v) is 3.07. The summed E-state index contributed by atoms with van der Waals surface area (Å²) in [4.78, 5) is 11.9. The van der Waals surface area contributed by atoms with E-state index in [0.717, 1.165) is 12.8 Å². The molecule has 0 N–H and O–H groups in total. The summed E-state index contributed by atoms with van der Waals surface area (Å²) >= 11 is 3.63. The summed E-state index contributed by atoms with van der Waals surface area (Å²) in [5.41, 5.74) is 0. The monoisotopic (exact) mass is 276 g/mol. The van der Waals surface area contributed by atoms with Gasteiger partial charge in [0.15, 0.2) is 0 Å². The molecule has 2 nitrogen and oxygen atoms in total. The Morgan fingerprint density at radius 2 is 2.00 bits per heavy atom. The highest BCUT2D eigenvalue weighted by atomic mass is 79.9. The molecule has 1 aliphatic heterocycles. The number of esters is 1. The van der Waals surface area contributed by atoms with Gasteiger partial charge in [-0.05, 0) is 24.7 Å². The van der Waals surface area contributed by atoms with Gasteiger partial charge in [0.05, 0.1) is 10.7 Å². The molecule has 0 aromatic carbocycles. The molecule has 1 aliphatic rings. The SMILES string of the molecule is CC(C)CC(Br)C1CC(C(C)C)C(=O)O1. The molecule has 0 spiro atoms. The molecule has 1 rings (SSSR count). The predicted molar refractivity (Wildman–Crippen MR) is 65.0 cm³/mol. The third-order valence-electron chi connectivity index (χ3n) is 2.96. The maximum Gasteiger partial charge on any atom is 0.309 e. The maximum atomic E-state index is 11.6. The molecule has 0 aliphatic carbocycles. The Morgan fingerprint density at radius 3 is 2.40 bits per heavy atom. The lowest BCUT2D eigenvalue weighted by molar-refractivity contribution is -0.145. The summed E-state index contributed by atoms with van der Waals surface area (Å²) in [6.07, 6.45) is 2.01. The Hall–Kier alpha value is -0.0500. The molecule has 0 aromatic heterocycles. The lowest BCUT2D eigenvalue weighted by atomic mass is 9.91. The largest absolute Gasteiger partial charge is 0.461 e. The highest BCUT2D eigenvalue weighted by Crippen LogP contribution is 2.33. The van der Waals surface area contributed by atoms with Crippen LogP contribution in [0.3, 0.4) is 0 Å². The van der Waals surface area contributed by atoms with E-state index in [-0.39, 0.29) is 18.0 Å². The molecule has 3 atom stereocenters. The van der Waals surface area contributed by atoms with Crippen molar-refractivity contribution in [3.8, 4) is 0 Å². The van der Waals surface area contributed by atoms with Gasteiger partial charge in [-0.2, -0.15) is 0 Å². The lowest BCUT2D eigenvalue weighted by Crippen LogP contribution is -2.21. The first-order valence-electron chi connectivity index (χ1n) is 5.76. The van der Waals surface area contributed by atoms with Crippen molar-refractivity contribution < 1.29 is 9.53 Å². The van der Waals surface area contributed by atoms with Gasteiger partial charge >= 0.3 is 5.97 Å². The minimum absolute atomic E-state index is 0.0109. The zero-order valence-corrected chi connectivity index (χ0v) is 11.6. The fraction of sp³-hybridized carbons (Fsp3) is 0.917. The molecule has 3 heteroatoms. The molecule has 1 heterocycles. The van der Waals surface area contributed by atoms with Gasteiger partial charge in [-0.3, -0.25) is 4.79 Å². The Morgan fingerprint density at radius 1 is 1.40 bits per heavy atom. The van der Waals surface area contributed by atoms with Crippen LogP contribution in [0.2, 0.25) is 0 Å². The first-order chi connectivity index (χ1) is 6.91. The molecule has 1 fully saturated rings. The third-order valence-corrected chi connectivity index (χ3v) is 3.92. The van der Waals surface area contributed by atoms with Crippen molar-refractivity contribution >= 4 is 21.9 Å². The van der Waals surface area contributed by atoms with Crippen LogP contribution in [0.4, 0.5) is 0 Å². The quantitative estimate of drug-likeness (QED) is 0.581. The standard InChI is InChI=1S/C12H21BrO2/c1-7(2)5-10(13)11-6-9(8(3)4)12(14)15-11/h7-11H,5-6H2,1-4H3. The van der Waals surface area contributed by atoms with Crippen molar-refractivity contribution in [2.24, 2.45) is 17.8 Å². The molecule has 1 saturated heterocycles. The average Bonchev–Trinajstić information content (AvgIpc) is 2.46. The second-order valence-electron chi connectivity index (χ2n) is 5.21. The summed E-state index contributed by atoms with van der Waals surface area (Å²) in [6.45, 7) is 8.54. The van der Waals surface area contributed by atoms with Gasteiger partial charge < -0.3 is 4.74 Å². The van der Waals surface area contributed by atoms with Gasteiger partial charge in [-0.1, -0.05) is 43.6 Å². The second-order valence-corrected chi connectivity index (χ2v) is 6.38. The highest BCUT2D eigenvalue weighted by molar-refractivity contribution is 9.09. The lowest BCUT2D eigenvalue weighted by Gasteiger charge is -2.18. The van der Waals surface area contributed by atoms with Crippen LogP contribution in [-0.4, -0.2) is 16.9 Å². The van der Waals surface area contributed by atoms with Crippen LogP contribution >= 0.6 is 15.9 Å². The number of carbonyl (C=O) groups excluding carboxylic acids is 1. The van der Waals surface area contributed by atoms with Crippen molar-refractivity contribution in [1.82, 2.24) is 0 Å². The fourth-order valence-electron chi connectivity index (χ4n) is 2.00. The van der Waals surface area contributed by atoms with Gasteiger partial charge in [-0.25, -0.2) is 0 Å². The Bertz CT molecular complexity index is 226. The number of rotatable bonds is 4. The Kier molecular flexibility index (Phi) is 4.63. The topological polar surface area (TPSA) is 26.3 Å². The van der Waals surface area contributed by atoms with E-state index in [9.17, 15) is 4.79 Å². The molecular weight excluding hydrogens is 256 g/mol. The number of alkyl halides is 1. The van der Waals surface area contributed by atoms with Crippen LogP contribution in [0, 0.1) is 17.8 Å². The molecule has 0 aromatic rings. The summed E-state index contributed by atoms with van der Waals surface area (Å²) in [5, 5.41) is 0. The Balaban J connectivity index is 2.50. The number of hydrogen-bond donors (Lipinski definition) is 0. The minimum atomic E-state index is -0.0109. The maximum absolute atomic E-state index is 11.6. The van der Waals surface area contributed by atoms with Crippen LogP contribution in [0.1, 0.15) is 40.5 Å². The molecule has 0 bridgehead atoms. The van der Waals surface area contributed by atoms with E-state index in [1.165, 1.54) is 0 Å². The van der Waals surface area contributed by atoms with E-state index in [1.807, 2.05) is 0 Å².